The maximum Gasteiger partial charge on any atom is 0.123 e. The van der Waals surface area contributed by atoms with Crippen molar-refractivity contribution in [2.75, 3.05) is 0 Å². The van der Waals surface area contributed by atoms with Crippen LogP contribution in [0.4, 0.5) is 0 Å². The average Bonchev–Trinajstić information content (AvgIpc) is 2.15. The Bertz CT molecular complexity index is 371. The molecule has 16 heavy (non-hydrogen) atoms. The molecule has 1 heterocycles. The molecule has 88 valence electrons. The molecule has 0 aliphatic carbocycles. The molecule has 1 aromatic carbocycles. The van der Waals surface area contributed by atoms with E-state index in [4.69, 9.17) is 4.74 Å². The maximum absolute atomic E-state index is 9.41. The van der Waals surface area contributed by atoms with E-state index in [2.05, 4.69) is 32.0 Å². The van der Waals surface area contributed by atoms with Crippen molar-refractivity contribution in [1.29, 1.82) is 0 Å². The lowest BCUT2D eigenvalue weighted by molar-refractivity contribution is 0.0867. The van der Waals surface area contributed by atoms with Crippen LogP contribution in [-0.4, -0.2) is 17.3 Å². The summed E-state index contributed by atoms with van der Waals surface area (Å²) < 4.78 is 5.93. The van der Waals surface area contributed by atoms with Crippen molar-refractivity contribution in [1.82, 2.24) is 0 Å². The fraction of sp³-hybridized carbons (Fsp3) is 0.571. The van der Waals surface area contributed by atoms with E-state index in [0.29, 0.717) is 5.92 Å². The lowest BCUT2D eigenvalue weighted by Crippen LogP contribution is -2.28. The predicted molar refractivity (Wildman–Crippen MR) is 64.9 cm³/mol. The van der Waals surface area contributed by atoms with Gasteiger partial charge in [0.05, 0.1) is 6.10 Å². The van der Waals surface area contributed by atoms with E-state index >= 15 is 0 Å². The number of benzene rings is 1. The van der Waals surface area contributed by atoms with Crippen LogP contribution in [0.3, 0.4) is 0 Å². The number of aliphatic hydroxyl groups is 1. The van der Waals surface area contributed by atoms with Gasteiger partial charge in [0.1, 0.15) is 11.9 Å². The zero-order valence-corrected chi connectivity index (χ0v) is 10.2. The van der Waals surface area contributed by atoms with E-state index in [9.17, 15) is 5.11 Å². The van der Waals surface area contributed by atoms with Gasteiger partial charge in [0.15, 0.2) is 0 Å². The normalized spacial score (nSPS) is 25.8. The lowest BCUT2D eigenvalue weighted by atomic mass is 9.89. The van der Waals surface area contributed by atoms with Gasteiger partial charge in [-0.15, -0.1) is 0 Å². The summed E-state index contributed by atoms with van der Waals surface area (Å²) in [5, 5.41) is 9.41. The first kappa shape index (κ1) is 11.5. The molecule has 1 aliphatic rings. The van der Waals surface area contributed by atoms with Crippen molar-refractivity contribution in [2.45, 2.75) is 51.7 Å². The molecule has 0 saturated heterocycles. The van der Waals surface area contributed by atoms with Crippen molar-refractivity contribution in [3.63, 3.8) is 0 Å². The number of hydrogen-bond acceptors (Lipinski definition) is 2. The molecule has 2 nitrogen and oxygen atoms in total. The van der Waals surface area contributed by atoms with Crippen LogP contribution in [0.5, 0.6) is 5.75 Å². The van der Waals surface area contributed by atoms with E-state index in [0.717, 1.165) is 18.6 Å². The Morgan fingerprint density at radius 3 is 2.94 bits per heavy atom. The third kappa shape index (κ3) is 2.38. The Hall–Kier alpha value is -1.02. The van der Waals surface area contributed by atoms with Crippen LogP contribution < -0.4 is 4.74 Å². The number of fused-ring (bicyclic) bond motifs is 1. The van der Waals surface area contributed by atoms with E-state index in [-0.39, 0.29) is 12.2 Å². The van der Waals surface area contributed by atoms with E-state index < -0.39 is 0 Å². The van der Waals surface area contributed by atoms with Crippen molar-refractivity contribution in [2.24, 2.45) is 0 Å². The molecule has 2 heteroatoms. The molecule has 0 spiro atoms. The van der Waals surface area contributed by atoms with Crippen LogP contribution in [0.25, 0.3) is 0 Å². The highest BCUT2D eigenvalue weighted by molar-refractivity contribution is 5.40. The second kappa shape index (κ2) is 4.46. The third-order valence-electron chi connectivity index (χ3n) is 3.21. The Morgan fingerprint density at radius 2 is 2.25 bits per heavy atom. The van der Waals surface area contributed by atoms with Crippen molar-refractivity contribution in [3.05, 3.63) is 29.3 Å². The fourth-order valence-corrected chi connectivity index (χ4v) is 2.42. The van der Waals surface area contributed by atoms with E-state index in [1.54, 1.807) is 0 Å². The summed E-state index contributed by atoms with van der Waals surface area (Å²) in [7, 11) is 0. The molecule has 1 N–H and O–H groups in total. The van der Waals surface area contributed by atoms with Crippen molar-refractivity contribution >= 4 is 0 Å². The lowest BCUT2D eigenvalue weighted by Gasteiger charge is -2.31. The van der Waals surface area contributed by atoms with Gasteiger partial charge in [0, 0.05) is 6.42 Å². The number of hydrogen-bond donors (Lipinski definition) is 1. The highest BCUT2D eigenvalue weighted by atomic mass is 16.5. The third-order valence-corrected chi connectivity index (χ3v) is 3.21. The van der Waals surface area contributed by atoms with Crippen LogP contribution in [-0.2, 0) is 0 Å². The van der Waals surface area contributed by atoms with Crippen LogP contribution in [0.1, 0.15) is 43.7 Å². The number of rotatable bonds is 2. The largest absolute Gasteiger partial charge is 0.490 e. The summed E-state index contributed by atoms with van der Waals surface area (Å²) in [4.78, 5) is 0. The standard InChI is InChI=1S/C14H20O2/c1-9-4-5-13-10(2)7-12(8-11(3)15)16-14(13)6-9/h4-6,10-12,15H,7-8H2,1-3H3/t10-,11-,12+/m0/s1. The Labute approximate surface area is 97.3 Å². The highest BCUT2D eigenvalue weighted by Gasteiger charge is 2.26. The number of aliphatic hydroxyl groups excluding tert-OH is 1. The van der Waals surface area contributed by atoms with Crippen LogP contribution >= 0.6 is 0 Å². The highest BCUT2D eigenvalue weighted by Crippen LogP contribution is 2.37. The Kier molecular flexibility index (Phi) is 3.20. The van der Waals surface area contributed by atoms with Gasteiger partial charge in [-0.1, -0.05) is 19.1 Å². The molecule has 0 unspecified atom stereocenters. The minimum Gasteiger partial charge on any atom is -0.490 e. The molecule has 1 aromatic rings. The molecule has 1 aliphatic heterocycles. The predicted octanol–water partition coefficient (Wildman–Crippen LogP) is 3.02. The molecule has 0 saturated carbocycles. The van der Waals surface area contributed by atoms with Gasteiger partial charge < -0.3 is 9.84 Å². The first-order valence-electron chi connectivity index (χ1n) is 6.01. The van der Waals surface area contributed by atoms with Crippen molar-refractivity contribution in [3.8, 4) is 5.75 Å². The van der Waals surface area contributed by atoms with Crippen LogP contribution in [0.2, 0.25) is 0 Å². The van der Waals surface area contributed by atoms with Crippen LogP contribution in [0, 0.1) is 6.92 Å². The summed E-state index contributed by atoms with van der Waals surface area (Å²) >= 11 is 0. The molecule has 2 rings (SSSR count). The minimum absolute atomic E-state index is 0.157. The minimum atomic E-state index is -0.288. The molecule has 0 aromatic heterocycles. The molecule has 0 amide bonds. The molecular formula is C14H20O2. The van der Waals surface area contributed by atoms with Gasteiger partial charge in [-0.05, 0) is 43.4 Å². The smallest absolute Gasteiger partial charge is 0.123 e. The Balaban J connectivity index is 2.20. The van der Waals surface area contributed by atoms with E-state index in [1.807, 2.05) is 6.92 Å². The first-order valence-corrected chi connectivity index (χ1v) is 6.01. The molecule has 3 atom stereocenters. The summed E-state index contributed by atoms with van der Waals surface area (Å²) in [5.41, 5.74) is 2.52. The number of aryl methyl sites for hydroxylation is 1. The summed E-state index contributed by atoms with van der Waals surface area (Å²) in [6, 6.07) is 6.39. The van der Waals surface area contributed by atoms with Gasteiger partial charge in [-0.3, -0.25) is 0 Å². The Morgan fingerprint density at radius 1 is 1.50 bits per heavy atom. The van der Waals surface area contributed by atoms with Gasteiger partial charge in [-0.25, -0.2) is 0 Å². The second-order valence-electron chi connectivity index (χ2n) is 5.00. The molecule has 0 fully saturated rings. The summed E-state index contributed by atoms with van der Waals surface area (Å²) in [6.45, 7) is 6.12. The molecule has 0 radical (unpaired) electrons. The monoisotopic (exact) mass is 220 g/mol. The summed E-state index contributed by atoms with van der Waals surface area (Å²) in [6.07, 6.45) is 1.59. The first-order chi connectivity index (χ1) is 7.56. The topological polar surface area (TPSA) is 29.5 Å². The average molecular weight is 220 g/mol. The summed E-state index contributed by atoms with van der Waals surface area (Å²) in [5.74, 6) is 1.53. The van der Waals surface area contributed by atoms with Crippen molar-refractivity contribution < 1.29 is 9.84 Å². The van der Waals surface area contributed by atoms with Gasteiger partial charge in [-0.2, -0.15) is 0 Å². The van der Waals surface area contributed by atoms with Crippen LogP contribution in [0.15, 0.2) is 18.2 Å². The molecular weight excluding hydrogens is 200 g/mol. The zero-order valence-electron chi connectivity index (χ0n) is 10.2. The second-order valence-corrected chi connectivity index (χ2v) is 5.00. The fourth-order valence-electron chi connectivity index (χ4n) is 2.42. The maximum atomic E-state index is 9.41. The number of ether oxygens (including phenoxy) is 1. The van der Waals surface area contributed by atoms with Gasteiger partial charge in [0.25, 0.3) is 0 Å². The SMILES string of the molecule is Cc1ccc2c(c1)O[C@@H](C[C@H](C)O)C[C@@H]2C. The van der Waals surface area contributed by atoms with E-state index in [1.165, 1.54) is 11.1 Å². The van der Waals surface area contributed by atoms with Gasteiger partial charge >= 0.3 is 0 Å². The molecule has 0 bridgehead atoms. The zero-order chi connectivity index (χ0) is 11.7. The quantitative estimate of drug-likeness (QED) is 0.830. The van der Waals surface area contributed by atoms with Gasteiger partial charge in [0.2, 0.25) is 0 Å².